The molecule has 11 heteroatoms. The Kier molecular flexibility index (Phi) is 7.99. The van der Waals surface area contributed by atoms with Crippen LogP contribution in [0.3, 0.4) is 0 Å². The van der Waals surface area contributed by atoms with Gasteiger partial charge in [-0.3, -0.25) is 19.3 Å². The van der Waals surface area contributed by atoms with E-state index in [-0.39, 0.29) is 42.6 Å². The highest BCUT2D eigenvalue weighted by molar-refractivity contribution is 7.89. The third-order valence-corrected chi connectivity index (χ3v) is 8.00. The van der Waals surface area contributed by atoms with Gasteiger partial charge in [-0.25, -0.2) is 8.42 Å². The zero-order valence-electron chi connectivity index (χ0n) is 20.1. The Balaban J connectivity index is 1.81. The molecule has 188 valence electrons. The fourth-order valence-electron chi connectivity index (χ4n) is 3.94. The van der Waals surface area contributed by atoms with E-state index in [4.69, 9.17) is 9.47 Å². The molecule has 0 radical (unpaired) electrons. The SMILES string of the molecule is CCC1(C)CC(=O)N(CC(=O)Nc2cc(S(=O)(=O)N3CCOCC3)ccc2OC(C)C)C(=O)C1. The Morgan fingerprint density at radius 2 is 1.79 bits per heavy atom. The van der Waals surface area contributed by atoms with Gasteiger partial charge in [-0.2, -0.15) is 4.31 Å². The number of carbonyl (C=O) groups excluding carboxylic acids is 3. The molecule has 0 spiro atoms. The number of hydrogen-bond acceptors (Lipinski definition) is 7. The lowest BCUT2D eigenvalue weighted by Gasteiger charge is -2.36. The molecule has 2 aliphatic rings. The van der Waals surface area contributed by atoms with Gasteiger partial charge in [-0.15, -0.1) is 0 Å². The second kappa shape index (κ2) is 10.4. The summed E-state index contributed by atoms with van der Waals surface area (Å²) in [6.45, 7) is 8.08. The van der Waals surface area contributed by atoms with Crippen LogP contribution in [0.5, 0.6) is 5.75 Å². The van der Waals surface area contributed by atoms with E-state index < -0.39 is 39.7 Å². The summed E-state index contributed by atoms with van der Waals surface area (Å²) in [4.78, 5) is 38.9. The van der Waals surface area contributed by atoms with E-state index in [0.717, 1.165) is 4.90 Å². The van der Waals surface area contributed by atoms with Crippen LogP contribution in [0.15, 0.2) is 23.1 Å². The number of piperidine rings is 1. The third-order valence-electron chi connectivity index (χ3n) is 6.11. The van der Waals surface area contributed by atoms with Crippen LogP contribution in [-0.2, 0) is 29.1 Å². The van der Waals surface area contributed by atoms with E-state index in [1.54, 1.807) is 13.8 Å². The Bertz CT molecular complexity index is 1030. The highest BCUT2D eigenvalue weighted by Crippen LogP contribution is 2.35. The van der Waals surface area contributed by atoms with Crippen molar-refractivity contribution in [2.75, 3.05) is 38.2 Å². The zero-order valence-corrected chi connectivity index (χ0v) is 20.9. The molecule has 2 aliphatic heterocycles. The molecule has 1 aromatic rings. The van der Waals surface area contributed by atoms with Gasteiger partial charge in [0.2, 0.25) is 27.7 Å². The first-order chi connectivity index (χ1) is 15.9. The van der Waals surface area contributed by atoms with E-state index in [1.807, 2.05) is 13.8 Å². The van der Waals surface area contributed by atoms with Crippen LogP contribution in [0, 0.1) is 5.41 Å². The number of rotatable bonds is 8. The first-order valence-electron chi connectivity index (χ1n) is 11.5. The minimum Gasteiger partial charge on any atom is -0.489 e. The van der Waals surface area contributed by atoms with Gasteiger partial charge in [0, 0.05) is 25.9 Å². The van der Waals surface area contributed by atoms with Gasteiger partial charge in [0.25, 0.3) is 0 Å². The summed E-state index contributed by atoms with van der Waals surface area (Å²) < 4.78 is 38.4. The molecule has 1 N–H and O–H groups in total. The van der Waals surface area contributed by atoms with Gasteiger partial charge >= 0.3 is 0 Å². The van der Waals surface area contributed by atoms with Gasteiger partial charge in [0.15, 0.2) is 0 Å². The first-order valence-corrected chi connectivity index (χ1v) is 12.9. The molecule has 0 aromatic heterocycles. The molecule has 2 heterocycles. The summed E-state index contributed by atoms with van der Waals surface area (Å²) >= 11 is 0. The van der Waals surface area contributed by atoms with E-state index in [2.05, 4.69) is 5.32 Å². The van der Waals surface area contributed by atoms with Crippen LogP contribution >= 0.6 is 0 Å². The predicted octanol–water partition coefficient (Wildman–Crippen LogP) is 2.00. The largest absolute Gasteiger partial charge is 0.489 e. The summed E-state index contributed by atoms with van der Waals surface area (Å²) in [5.74, 6) is -1.11. The highest BCUT2D eigenvalue weighted by atomic mass is 32.2. The maximum absolute atomic E-state index is 13.1. The van der Waals surface area contributed by atoms with Crippen molar-refractivity contribution in [1.82, 2.24) is 9.21 Å². The monoisotopic (exact) mass is 495 g/mol. The molecule has 0 saturated carbocycles. The van der Waals surface area contributed by atoms with E-state index in [0.29, 0.717) is 25.4 Å². The molecule has 10 nitrogen and oxygen atoms in total. The van der Waals surface area contributed by atoms with Crippen LogP contribution in [0.1, 0.15) is 47.0 Å². The van der Waals surface area contributed by atoms with Crippen LogP contribution in [0.25, 0.3) is 0 Å². The van der Waals surface area contributed by atoms with Crippen molar-refractivity contribution in [1.29, 1.82) is 0 Å². The molecule has 0 atom stereocenters. The highest BCUT2D eigenvalue weighted by Gasteiger charge is 2.40. The van der Waals surface area contributed by atoms with Crippen LogP contribution in [0.4, 0.5) is 5.69 Å². The topological polar surface area (TPSA) is 122 Å². The Morgan fingerprint density at radius 3 is 2.35 bits per heavy atom. The molecule has 0 unspecified atom stereocenters. The van der Waals surface area contributed by atoms with Crippen molar-refractivity contribution in [2.45, 2.75) is 58.0 Å². The van der Waals surface area contributed by atoms with E-state index in [9.17, 15) is 22.8 Å². The minimum atomic E-state index is -3.80. The molecule has 3 rings (SSSR count). The fraction of sp³-hybridized carbons (Fsp3) is 0.609. The number of ether oxygens (including phenoxy) is 2. The average molecular weight is 496 g/mol. The molecular formula is C23H33N3O7S. The average Bonchev–Trinajstić information content (AvgIpc) is 2.77. The second-order valence-electron chi connectivity index (χ2n) is 9.28. The number of amides is 3. The number of nitrogens with zero attached hydrogens (tertiary/aromatic N) is 2. The van der Waals surface area contributed by atoms with Crippen molar-refractivity contribution in [3.05, 3.63) is 18.2 Å². The molecule has 2 fully saturated rings. The summed E-state index contributed by atoms with van der Waals surface area (Å²) in [5.41, 5.74) is -0.245. The lowest BCUT2D eigenvalue weighted by Crippen LogP contribution is -2.49. The summed E-state index contributed by atoms with van der Waals surface area (Å²) in [6, 6.07) is 4.27. The quantitative estimate of drug-likeness (QED) is 0.547. The smallest absolute Gasteiger partial charge is 0.244 e. The predicted molar refractivity (Wildman–Crippen MR) is 125 cm³/mol. The first kappa shape index (κ1) is 26.1. The lowest BCUT2D eigenvalue weighted by molar-refractivity contribution is -0.154. The number of nitrogens with one attached hydrogen (secondary N) is 1. The van der Waals surface area contributed by atoms with Gasteiger partial charge in [-0.1, -0.05) is 13.8 Å². The van der Waals surface area contributed by atoms with E-state index >= 15 is 0 Å². The number of carbonyl (C=O) groups is 3. The molecular weight excluding hydrogens is 462 g/mol. The second-order valence-corrected chi connectivity index (χ2v) is 11.2. The van der Waals surface area contributed by atoms with Crippen molar-refractivity contribution in [3.8, 4) is 5.75 Å². The molecule has 0 bridgehead atoms. The normalized spacial score (nSPS) is 19.4. The Labute approximate surface area is 200 Å². The summed E-state index contributed by atoms with van der Waals surface area (Å²) in [5, 5.41) is 2.64. The van der Waals surface area contributed by atoms with Gasteiger partial charge < -0.3 is 14.8 Å². The molecule has 1 aromatic carbocycles. The molecule has 3 amide bonds. The van der Waals surface area contributed by atoms with Gasteiger partial charge in [-0.05, 0) is 43.9 Å². The number of morpholine rings is 1. The van der Waals surface area contributed by atoms with Crippen LogP contribution in [-0.4, -0.2) is 74.3 Å². The van der Waals surface area contributed by atoms with E-state index in [1.165, 1.54) is 22.5 Å². The Hall–Kier alpha value is -2.50. The Morgan fingerprint density at radius 1 is 1.18 bits per heavy atom. The number of hydrogen-bond donors (Lipinski definition) is 1. The molecule has 2 saturated heterocycles. The lowest BCUT2D eigenvalue weighted by atomic mass is 9.77. The maximum atomic E-state index is 13.1. The number of imide groups is 1. The van der Waals surface area contributed by atoms with Crippen molar-refractivity contribution in [3.63, 3.8) is 0 Å². The van der Waals surface area contributed by atoms with Gasteiger partial charge in [0.1, 0.15) is 12.3 Å². The van der Waals surface area contributed by atoms with Crippen LogP contribution < -0.4 is 10.1 Å². The third kappa shape index (κ3) is 5.94. The van der Waals surface area contributed by atoms with Crippen molar-refractivity contribution >= 4 is 33.4 Å². The van der Waals surface area contributed by atoms with Crippen molar-refractivity contribution < 1.29 is 32.3 Å². The zero-order chi connectivity index (χ0) is 25.1. The molecule has 0 aliphatic carbocycles. The summed E-state index contributed by atoms with van der Waals surface area (Å²) in [7, 11) is -3.80. The number of benzene rings is 1. The molecule has 34 heavy (non-hydrogen) atoms. The van der Waals surface area contributed by atoms with Crippen LogP contribution in [0.2, 0.25) is 0 Å². The maximum Gasteiger partial charge on any atom is 0.244 e. The number of anilines is 1. The summed E-state index contributed by atoms with van der Waals surface area (Å²) in [6.07, 6.45) is 0.842. The van der Waals surface area contributed by atoms with Crippen molar-refractivity contribution in [2.24, 2.45) is 5.41 Å². The fourth-order valence-corrected chi connectivity index (χ4v) is 5.38. The number of sulfonamides is 1. The number of likely N-dealkylation sites (tertiary alicyclic amines) is 1. The minimum absolute atomic E-state index is 0.00430. The standard InChI is InChI=1S/C23H33N3O7S/c1-5-23(4)13-21(28)26(22(29)14-23)15-20(27)24-18-12-17(6-7-19(18)33-16(2)3)34(30,31)25-8-10-32-11-9-25/h6-7,12,16H,5,8-11,13-15H2,1-4H3,(H,24,27). The van der Waals surface area contributed by atoms with Gasteiger partial charge in [0.05, 0.1) is 29.9 Å².